The molecule has 0 saturated carbocycles. The Morgan fingerprint density at radius 3 is 2.75 bits per heavy atom. The summed E-state index contributed by atoms with van der Waals surface area (Å²) >= 11 is 3.23. The second-order valence-electron chi connectivity index (χ2n) is 3.52. The van der Waals surface area contributed by atoms with Gasteiger partial charge in [0.2, 0.25) is 0 Å². The molecule has 1 aliphatic heterocycles. The third-order valence-electron chi connectivity index (χ3n) is 2.30. The van der Waals surface area contributed by atoms with E-state index in [0.717, 1.165) is 30.6 Å². The number of alkyl halides is 3. The van der Waals surface area contributed by atoms with Gasteiger partial charge in [0.15, 0.2) is 0 Å². The molecule has 2 nitrogen and oxygen atoms in total. The number of hydrogen-bond acceptors (Lipinski definition) is 2. The molecule has 0 radical (unpaired) electrons. The summed E-state index contributed by atoms with van der Waals surface area (Å²) in [5.41, 5.74) is 1.71. The molecule has 0 saturated heterocycles. The fraction of sp³-hybridized carbons (Fsp3) is 0.400. The van der Waals surface area contributed by atoms with Crippen molar-refractivity contribution in [3.8, 4) is 5.75 Å². The Bertz CT molecular complexity index is 406. The van der Waals surface area contributed by atoms with Crippen molar-refractivity contribution in [1.29, 1.82) is 0 Å². The van der Waals surface area contributed by atoms with Gasteiger partial charge < -0.3 is 10.1 Å². The van der Waals surface area contributed by atoms with E-state index in [4.69, 9.17) is 0 Å². The lowest BCUT2D eigenvalue weighted by Crippen LogP contribution is -2.18. The number of hydrogen-bond donors (Lipinski definition) is 1. The van der Waals surface area contributed by atoms with Crippen LogP contribution in [0, 0.1) is 0 Å². The minimum Gasteiger partial charge on any atom is -0.406 e. The lowest BCUT2D eigenvalue weighted by atomic mass is 10.0. The number of rotatable bonds is 1. The fourth-order valence-corrected chi connectivity index (χ4v) is 2.34. The highest BCUT2D eigenvalue weighted by atomic mass is 79.9. The van der Waals surface area contributed by atoms with E-state index in [-0.39, 0.29) is 5.75 Å². The second kappa shape index (κ2) is 4.16. The zero-order valence-electron chi connectivity index (χ0n) is 8.20. The van der Waals surface area contributed by atoms with Crippen molar-refractivity contribution in [2.24, 2.45) is 0 Å². The molecule has 0 atom stereocenters. The third kappa shape index (κ3) is 2.61. The number of anilines is 1. The van der Waals surface area contributed by atoms with E-state index < -0.39 is 6.36 Å². The van der Waals surface area contributed by atoms with Gasteiger partial charge in [-0.15, -0.1) is 13.2 Å². The summed E-state index contributed by atoms with van der Waals surface area (Å²) in [5.74, 6) is -0.179. The first-order valence-electron chi connectivity index (χ1n) is 4.78. The molecule has 0 aromatic heterocycles. The molecular formula is C10H9BrF3NO. The monoisotopic (exact) mass is 295 g/mol. The summed E-state index contributed by atoms with van der Waals surface area (Å²) in [6.45, 7) is 0.838. The van der Waals surface area contributed by atoms with Crippen LogP contribution < -0.4 is 10.1 Å². The van der Waals surface area contributed by atoms with Gasteiger partial charge in [-0.25, -0.2) is 0 Å². The lowest BCUT2D eigenvalue weighted by Gasteiger charge is -2.20. The number of fused-ring (bicyclic) bond motifs is 1. The molecule has 16 heavy (non-hydrogen) atoms. The molecule has 0 fully saturated rings. The van der Waals surface area contributed by atoms with Crippen molar-refractivity contribution in [1.82, 2.24) is 0 Å². The number of benzene rings is 1. The average Bonchev–Trinajstić information content (AvgIpc) is 2.15. The van der Waals surface area contributed by atoms with Gasteiger partial charge in [-0.3, -0.25) is 0 Å². The van der Waals surface area contributed by atoms with Crippen molar-refractivity contribution in [2.75, 3.05) is 11.9 Å². The van der Waals surface area contributed by atoms with Gasteiger partial charge in [-0.1, -0.05) is 0 Å². The van der Waals surface area contributed by atoms with Crippen LogP contribution in [0.25, 0.3) is 0 Å². The molecule has 0 amide bonds. The first kappa shape index (κ1) is 11.6. The van der Waals surface area contributed by atoms with Gasteiger partial charge in [-0.05, 0) is 46.5 Å². The van der Waals surface area contributed by atoms with Crippen LogP contribution in [0.15, 0.2) is 16.6 Å². The molecule has 88 valence electrons. The highest BCUT2D eigenvalue weighted by Crippen LogP contribution is 2.36. The summed E-state index contributed by atoms with van der Waals surface area (Å²) in [7, 11) is 0. The molecule has 6 heteroatoms. The zero-order chi connectivity index (χ0) is 11.8. The summed E-state index contributed by atoms with van der Waals surface area (Å²) in [6, 6.07) is 2.75. The smallest absolute Gasteiger partial charge is 0.406 e. The van der Waals surface area contributed by atoms with Crippen molar-refractivity contribution in [3.63, 3.8) is 0 Å². The maximum Gasteiger partial charge on any atom is 0.573 e. The van der Waals surface area contributed by atoms with Gasteiger partial charge in [-0.2, -0.15) is 0 Å². The second-order valence-corrected chi connectivity index (χ2v) is 4.37. The Morgan fingerprint density at radius 1 is 1.31 bits per heavy atom. The number of aryl methyl sites for hydroxylation is 1. The van der Waals surface area contributed by atoms with E-state index in [1.54, 1.807) is 0 Å². The third-order valence-corrected chi connectivity index (χ3v) is 2.93. The van der Waals surface area contributed by atoms with Crippen LogP contribution in [0.3, 0.4) is 0 Å². The van der Waals surface area contributed by atoms with Crippen molar-refractivity contribution in [3.05, 3.63) is 22.2 Å². The van der Waals surface area contributed by atoms with Crippen LogP contribution in [0.5, 0.6) is 5.75 Å². The molecule has 1 N–H and O–H groups in total. The lowest BCUT2D eigenvalue weighted by molar-refractivity contribution is -0.274. The summed E-state index contributed by atoms with van der Waals surface area (Å²) in [4.78, 5) is 0. The predicted molar refractivity (Wildman–Crippen MR) is 57.6 cm³/mol. The van der Waals surface area contributed by atoms with Gasteiger partial charge in [0.1, 0.15) is 5.75 Å². The zero-order valence-corrected chi connectivity index (χ0v) is 9.78. The molecule has 0 aliphatic carbocycles. The van der Waals surface area contributed by atoms with Crippen molar-refractivity contribution in [2.45, 2.75) is 19.2 Å². The first-order valence-corrected chi connectivity index (χ1v) is 5.57. The minimum absolute atomic E-state index is 0.179. The number of ether oxygens (including phenoxy) is 1. The van der Waals surface area contributed by atoms with E-state index in [9.17, 15) is 13.2 Å². The van der Waals surface area contributed by atoms with Crippen LogP contribution in [0.1, 0.15) is 12.0 Å². The standard InChI is InChI=1S/C10H9BrF3NO/c11-8-5-7(16-10(12,13)14)4-6-2-1-3-15-9(6)8/h4-5,15H,1-3H2. The molecule has 1 aromatic carbocycles. The van der Waals surface area contributed by atoms with E-state index >= 15 is 0 Å². The largest absolute Gasteiger partial charge is 0.573 e. The van der Waals surface area contributed by atoms with Crippen molar-refractivity contribution < 1.29 is 17.9 Å². The molecule has 2 rings (SSSR count). The number of nitrogens with one attached hydrogen (secondary N) is 1. The topological polar surface area (TPSA) is 21.3 Å². The van der Waals surface area contributed by atoms with Gasteiger partial charge >= 0.3 is 6.36 Å². The van der Waals surface area contributed by atoms with E-state index in [2.05, 4.69) is 26.0 Å². The summed E-state index contributed by atoms with van der Waals surface area (Å²) < 4.78 is 40.6. The Labute approximate surface area is 98.9 Å². The Balaban J connectivity index is 2.32. The summed E-state index contributed by atoms with van der Waals surface area (Å²) in [5, 5.41) is 3.14. The highest BCUT2D eigenvalue weighted by Gasteiger charge is 2.31. The molecule has 0 unspecified atom stereocenters. The van der Waals surface area contributed by atoms with Crippen LogP contribution in [-0.2, 0) is 6.42 Å². The Kier molecular flexibility index (Phi) is 3.01. The Morgan fingerprint density at radius 2 is 2.06 bits per heavy atom. The van der Waals surface area contributed by atoms with E-state index in [0.29, 0.717) is 4.47 Å². The fourth-order valence-electron chi connectivity index (χ4n) is 1.72. The molecule has 1 aromatic rings. The average molecular weight is 296 g/mol. The summed E-state index contributed by atoms with van der Waals surface area (Å²) in [6.07, 6.45) is -2.97. The first-order chi connectivity index (χ1) is 7.46. The van der Waals surface area contributed by atoms with Gasteiger partial charge in [0.05, 0.1) is 5.69 Å². The Hall–Kier alpha value is -0.910. The molecule has 1 heterocycles. The highest BCUT2D eigenvalue weighted by molar-refractivity contribution is 9.10. The van der Waals surface area contributed by atoms with Gasteiger partial charge in [0.25, 0.3) is 0 Å². The van der Waals surface area contributed by atoms with Crippen LogP contribution >= 0.6 is 15.9 Å². The van der Waals surface area contributed by atoms with E-state index in [1.807, 2.05) is 0 Å². The predicted octanol–water partition coefficient (Wildman–Crippen LogP) is 3.71. The minimum atomic E-state index is -4.64. The van der Waals surface area contributed by atoms with Crippen LogP contribution in [0.2, 0.25) is 0 Å². The molecule has 0 spiro atoms. The number of halogens is 4. The molecule has 1 aliphatic rings. The van der Waals surface area contributed by atoms with Crippen LogP contribution in [-0.4, -0.2) is 12.9 Å². The molecular weight excluding hydrogens is 287 g/mol. The molecule has 0 bridgehead atoms. The normalized spacial score (nSPS) is 15.2. The van der Waals surface area contributed by atoms with E-state index in [1.165, 1.54) is 12.1 Å². The quantitative estimate of drug-likeness (QED) is 0.853. The van der Waals surface area contributed by atoms with Crippen molar-refractivity contribution >= 4 is 21.6 Å². The maximum absolute atomic E-state index is 12.1. The maximum atomic E-state index is 12.1. The van der Waals surface area contributed by atoms with Crippen LogP contribution in [0.4, 0.5) is 18.9 Å². The SMILES string of the molecule is FC(F)(F)Oc1cc(Br)c2c(c1)CCCN2. The van der Waals surface area contributed by atoms with Gasteiger partial charge in [0, 0.05) is 11.0 Å².